The highest BCUT2D eigenvalue weighted by molar-refractivity contribution is 4.66. The van der Waals surface area contributed by atoms with Crippen LogP contribution in [-0.4, -0.2) is 25.3 Å². The predicted octanol–water partition coefficient (Wildman–Crippen LogP) is 3.50. The van der Waals surface area contributed by atoms with Crippen LogP contribution in [0, 0.1) is 0 Å². The van der Waals surface area contributed by atoms with Crippen molar-refractivity contribution in [3.8, 4) is 0 Å². The topological polar surface area (TPSA) is 21.3 Å². The molecular weight excluding hydrogens is 198 g/mol. The fraction of sp³-hybridized carbons (Fsp3) is 1.00. The standard InChI is InChI=1S/C14H29NO/c1-3-4-8-13(2)15-11-7-10-14-9-5-6-12-16-14/h13-15H,3-12H2,1-2H3. The first kappa shape index (κ1) is 14.0. The molecule has 96 valence electrons. The van der Waals surface area contributed by atoms with Crippen LogP contribution in [0.5, 0.6) is 0 Å². The summed E-state index contributed by atoms with van der Waals surface area (Å²) in [6.45, 7) is 6.70. The van der Waals surface area contributed by atoms with E-state index in [0.29, 0.717) is 12.1 Å². The molecular formula is C14H29NO. The third kappa shape index (κ3) is 6.49. The van der Waals surface area contributed by atoms with E-state index in [-0.39, 0.29) is 0 Å². The zero-order valence-corrected chi connectivity index (χ0v) is 11.1. The molecule has 0 bridgehead atoms. The molecule has 0 aromatic rings. The Balaban J connectivity index is 1.90. The van der Waals surface area contributed by atoms with E-state index >= 15 is 0 Å². The monoisotopic (exact) mass is 227 g/mol. The van der Waals surface area contributed by atoms with Crippen LogP contribution in [0.3, 0.4) is 0 Å². The zero-order chi connectivity index (χ0) is 11.6. The average molecular weight is 227 g/mol. The van der Waals surface area contributed by atoms with E-state index in [1.807, 2.05) is 0 Å². The molecule has 0 aromatic heterocycles. The maximum absolute atomic E-state index is 5.72. The summed E-state index contributed by atoms with van der Waals surface area (Å²) < 4.78 is 5.72. The smallest absolute Gasteiger partial charge is 0.0575 e. The van der Waals surface area contributed by atoms with Crippen molar-refractivity contribution in [2.24, 2.45) is 0 Å². The van der Waals surface area contributed by atoms with Gasteiger partial charge >= 0.3 is 0 Å². The molecule has 1 heterocycles. The van der Waals surface area contributed by atoms with Crippen molar-refractivity contribution in [3.63, 3.8) is 0 Å². The number of unbranched alkanes of at least 4 members (excludes halogenated alkanes) is 1. The molecule has 0 radical (unpaired) electrons. The summed E-state index contributed by atoms with van der Waals surface area (Å²) in [4.78, 5) is 0. The van der Waals surface area contributed by atoms with Crippen molar-refractivity contribution >= 4 is 0 Å². The molecule has 2 unspecified atom stereocenters. The van der Waals surface area contributed by atoms with E-state index in [1.165, 1.54) is 51.4 Å². The van der Waals surface area contributed by atoms with Crippen molar-refractivity contribution < 1.29 is 4.74 Å². The Morgan fingerprint density at radius 2 is 2.19 bits per heavy atom. The Labute approximate surface area is 101 Å². The molecule has 0 amide bonds. The number of hydrogen-bond donors (Lipinski definition) is 1. The number of ether oxygens (including phenoxy) is 1. The van der Waals surface area contributed by atoms with Gasteiger partial charge in [0.1, 0.15) is 0 Å². The molecule has 2 heteroatoms. The van der Waals surface area contributed by atoms with Crippen LogP contribution in [-0.2, 0) is 4.74 Å². The molecule has 2 nitrogen and oxygen atoms in total. The molecule has 0 saturated carbocycles. The number of rotatable bonds is 8. The lowest BCUT2D eigenvalue weighted by atomic mass is 10.0. The second-order valence-corrected chi connectivity index (χ2v) is 5.13. The fourth-order valence-electron chi connectivity index (χ4n) is 2.33. The van der Waals surface area contributed by atoms with Crippen molar-refractivity contribution in [2.45, 2.75) is 77.4 Å². The fourth-order valence-corrected chi connectivity index (χ4v) is 2.33. The summed E-state index contributed by atoms with van der Waals surface area (Å²) >= 11 is 0. The van der Waals surface area contributed by atoms with Gasteiger partial charge in [-0.1, -0.05) is 19.8 Å². The van der Waals surface area contributed by atoms with Crippen LogP contribution >= 0.6 is 0 Å². The molecule has 1 aliphatic rings. The third-order valence-electron chi connectivity index (χ3n) is 3.46. The van der Waals surface area contributed by atoms with E-state index < -0.39 is 0 Å². The second-order valence-electron chi connectivity index (χ2n) is 5.13. The Kier molecular flexibility index (Phi) is 7.87. The Hall–Kier alpha value is -0.0800. The van der Waals surface area contributed by atoms with Gasteiger partial charge in [-0.05, 0) is 52.0 Å². The first-order chi connectivity index (χ1) is 7.83. The van der Waals surface area contributed by atoms with Crippen LogP contribution in [0.15, 0.2) is 0 Å². The minimum Gasteiger partial charge on any atom is -0.378 e. The number of nitrogens with one attached hydrogen (secondary N) is 1. The first-order valence-corrected chi connectivity index (χ1v) is 7.18. The predicted molar refractivity (Wildman–Crippen MR) is 69.8 cm³/mol. The van der Waals surface area contributed by atoms with Gasteiger partial charge in [-0.25, -0.2) is 0 Å². The van der Waals surface area contributed by atoms with E-state index in [4.69, 9.17) is 4.74 Å². The molecule has 0 spiro atoms. The SMILES string of the molecule is CCCCC(C)NCCCC1CCCCO1. The lowest BCUT2D eigenvalue weighted by molar-refractivity contribution is 0.0101. The molecule has 1 rings (SSSR count). The van der Waals surface area contributed by atoms with Gasteiger partial charge < -0.3 is 10.1 Å². The molecule has 16 heavy (non-hydrogen) atoms. The highest BCUT2D eigenvalue weighted by Gasteiger charge is 2.12. The van der Waals surface area contributed by atoms with Gasteiger partial charge in [0, 0.05) is 12.6 Å². The van der Waals surface area contributed by atoms with Crippen molar-refractivity contribution in [3.05, 3.63) is 0 Å². The van der Waals surface area contributed by atoms with Gasteiger partial charge in [-0.15, -0.1) is 0 Å². The average Bonchev–Trinajstić information content (AvgIpc) is 2.33. The van der Waals surface area contributed by atoms with Crippen molar-refractivity contribution in [1.82, 2.24) is 5.32 Å². The highest BCUT2D eigenvalue weighted by atomic mass is 16.5. The molecule has 1 N–H and O–H groups in total. The summed E-state index contributed by atoms with van der Waals surface area (Å²) in [5.74, 6) is 0. The second kappa shape index (κ2) is 9.00. The Bertz CT molecular complexity index is 155. The summed E-state index contributed by atoms with van der Waals surface area (Å²) in [6.07, 6.45) is 11.0. The van der Waals surface area contributed by atoms with Gasteiger partial charge in [0.2, 0.25) is 0 Å². The van der Waals surface area contributed by atoms with Gasteiger partial charge in [-0.3, -0.25) is 0 Å². The summed E-state index contributed by atoms with van der Waals surface area (Å²) in [6, 6.07) is 0.687. The molecule has 0 aromatic carbocycles. The van der Waals surface area contributed by atoms with Crippen LogP contribution in [0.25, 0.3) is 0 Å². The van der Waals surface area contributed by atoms with Gasteiger partial charge in [-0.2, -0.15) is 0 Å². The zero-order valence-electron chi connectivity index (χ0n) is 11.1. The lowest BCUT2D eigenvalue weighted by Crippen LogP contribution is -2.28. The Morgan fingerprint density at radius 1 is 1.31 bits per heavy atom. The maximum Gasteiger partial charge on any atom is 0.0575 e. The molecule has 0 aliphatic carbocycles. The van der Waals surface area contributed by atoms with Crippen molar-refractivity contribution in [1.29, 1.82) is 0 Å². The van der Waals surface area contributed by atoms with Crippen LogP contribution < -0.4 is 5.32 Å². The van der Waals surface area contributed by atoms with Gasteiger partial charge in [0.05, 0.1) is 6.10 Å². The molecule has 1 fully saturated rings. The van der Waals surface area contributed by atoms with Gasteiger partial charge in [0.15, 0.2) is 0 Å². The first-order valence-electron chi connectivity index (χ1n) is 7.18. The van der Waals surface area contributed by atoms with Crippen LogP contribution in [0.4, 0.5) is 0 Å². The number of hydrogen-bond acceptors (Lipinski definition) is 2. The van der Waals surface area contributed by atoms with E-state index in [2.05, 4.69) is 19.2 Å². The van der Waals surface area contributed by atoms with Crippen LogP contribution in [0.1, 0.15) is 65.2 Å². The van der Waals surface area contributed by atoms with Crippen LogP contribution in [0.2, 0.25) is 0 Å². The quantitative estimate of drug-likeness (QED) is 0.641. The maximum atomic E-state index is 5.72. The summed E-state index contributed by atoms with van der Waals surface area (Å²) in [5.41, 5.74) is 0. The van der Waals surface area contributed by atoms with E-state index in [0.717, 1.165) is 13.2 Å². The lowest BCUT2D eigenvalue weighted by Gasteiger charge is -2.22. The third-order valence-corrected chi connectivity index (χ3v) is 3.46. The highest BCUT2D eigenvalue weighted by Crippen LogP contribution is 2.16. The Morgan fingerprint density at radius 3 is 2.88 bits per heavy atom. The summed E-state index contributed by atoms with van der Waals surface area (Å²) in [7, 11) is 0. The largest absolute Gasteiger partial charge is 0.378 e. The summed E-state index contributed by atoms with van der Waals surface area (Å²) in [5, 5.41) is 3.60. The minimum atomic E-state index is 0.557. The van der Waals surface area contributed by atoms with E-state index in [9.17, 15) is 0 Å². The molecule has 1 aliphatic heterocycles. The van der Waals surface area contributed by atoms with E-state index in [1.54, 1.807) is 0 Å². The molecule has 1 saturated heterocycles. The normalized spacial score (nSPS) is 23.2. The minimum absolute atomic E-state index is 0.557. The van der Waals surface area contributed by atoms with Gasteiger partial charge in [0.25, 0.3) is 0 Å². The van der Waals surface area contributed by atoms with Crippen molar-refractivity contribution in [2.75, 3.05) is 13.2 Å². The molecule has 2 atom stereocenters.